The van der Waals surface area contributed by atoms with E-state index in [1.165, 1.54) is 11.3 Å². The van der Waals surface area contributed by atoms with E-state index >= 15 is 0 Å². The van der Waals surface area contributed by atoms with Crippen LogP contribution in [0.4, 0.5) is 5.69 Å². The molecule has 1 aromatic carbocycles. The van der Waals surface area contributed by atoms with Crippen molar-refractivity contribution in [2.24, 2.45) is 11.3 Å². The van der Waals surface area contributed by atoms with Crippen LogP contribution in [0.25, 0.3) is 0 Å². The van der Waals surface area contributed by atoms with Crippen LogP contribution < -0.4 is 4.90 Å². The largest absolute Gasteiger partial charge is 0.481 e. The zero-order valence-corrected chi connectivity index (χ0v) is 12.7. The zero-order chi connectivity index (χ0) is 14.8. The Labute approximate surface area is 121 Å². The number of carbonyl (C=O) groups is 1. The van der Waals surface area contributed by atoms with Gasteiger partial charge in [-0.05, 0) is 50.7 Å². The molecule has 1 N–H and O–H groups in total. The van der Waals surface area contributed by atoms with Gasteiger partial charge in [-0.2, -0.15) is 0 Å². The zero-order valence-electron chi connectivity index (χ0n) is 12.7. The normalized spacial score (nSPS) is 18.8. The molecule has 20 heavy (non-hydrogen) atoms. The minimum absolute atomic E-state index is 0.624. The number of hydrogen-bond donors (Lipinski definition) is 1. The van der Waals surface area contributed by atoms with Gasteiger partial charge in [-0.3, -0.25) is 4.79 Å². The molecule has 1 aromatic rings. The van der Waals surface area contributed by atoms with Gasteiger partial charge < -0.3 is 10.0 Å². The van der Waals surface area contributed by atoms with E-state index in [0.29, 0.717) is 5.92 Å². The van der Waals surface area contributed by atoms with E-state index < -0.39 is 11.4 Å². The maximum absolute atomic E-state index is 11.1. The number of hydrogen-bond acceptors (Lipinski definition) is 2. The van der Waals surface area contributed by atoms with E-state index in [1.807, 2.05) is 13.8 Å². The maximum Gasteiger partial charge on any atom is 0.309 e. The minimum Gasteiger partial charge on any atom is -0.481 e. The summed E-state index contributed by atoms with van der Waals surface area (Å²) in [7, 11) is 0. The lowest BCUT2D eigenvalue weighted by Gasteiger charge is -2.35. The van der Waals surface area contributed by atoms with Crippen LogP contribution in [-0.4, -0.2) is 24.2 Å². The van der Waals surface area contributed by atoms with E-state index in [2.05, 4.69) is 36.1 Å². The third-order valence-corrected chi connectivity index (χ3v) is 4.24. The molecule has 3 nitrogen and oxygen atoms in total. The van der Waals surface area contributed by atoms with Crippen LogP contribution in [0.3, 0.4) is 0 Å². The average Bonchev–Trinajstić information content (AvgIpc) is 2.38. The average molecular weight is 275 g/mol. The maximum atomic E-state index is 11.1. The van der Waals surface area contributed by atoms with Gasteiger partial charge in [0.1, 0.15) is 0 Å². The fourth-order valence-electron chi connectivity index (χ4n) is 2.94. The molecule has 0 aliphatic carbocycles. The van der Waals surface area contributed by atoms with Gasteiger partial charge in [0, 0.05) is 18.8 Å². The van der Waals surface area contributed by atoms with E-state index in [9.17, 15) is 4.79 Å². The Hall–Kier alpha value is -1.51. The van der Waals surface area contributed by atoms with Crippen molar-refractivity contribution in [2.45, 2.75) is 40.0 Å². The first-order chi connectivity index (χ1) is 9.40. The van der Waals surface area contributed by atoms with Crippen molar-refractivity contribution in [2.75, 3.05) is 18.0 Å². The number of benzene rings is 1. The second kappa shape index (κ2) is 5.86. The molecule has 0 amide bonds. The molecular formula is C17H25NO2. The lowest BCUT2D eigenvalue weighted by molar-refractivity contribution is -0.147. The van der Waals surface area contributed by atoms with E-state index in [1.54, 1.807) is 0 Å². The summed E-state index contributed by atoms with van der Waals surface area (Å²) in [5.74, 6) is -0.0395. The number of nitrogens with zero attached hydrogens (tertiary/aromatic N) is 1. The first-order valence-electron chi connectivity index (χ1n) is 7.46. The van der Waals surface area contributed by atoms with Gasteiger partial charge in [0.15, 0.2) is 0 Å². The third-order valence-electron chi connectivity index (χ3n) is 4.24. The van der Waals surface area contributed by atoms with Crippen LogP contribution in [0.2, 0.25) is 0 Å². The van der Waals surface area contributed by atoms with E-state index in [4.69, 9.17) is 5.11 Å². The highest BCUT2D eigenvalue weighted by atomic mass is 16.4. The van der Waals surface area contributed by atoms with Crippen molar-refractivity contribution in [3.63, 3.8) is 0 Å². The molecule has 0 aromatic heterocycles. The van der Waals surface area contributed by atoms with Gasteiger partial charge in [0.2, 0.25) is 0 Å². The molecule has 1 heterocycles. The quantitative estimate of drug-likeness (QED) is 0.893. The number of aliphatic carboxylic acids is 1. The summed E-state index contributed by atoms with van der Waals surface area (Å²) in [5, 5.41) is 9.16. The van der Waals surface area contributed by atoms with Crippen LogP contribution in [0.5, 0.6) is 0 Å². The SMILES string of the molecule is CC1Cc2ccccc2N(CCCC(C)(C)C(=O)O)C1. The summed E-state index contributed by atoms with van der Waals surface area (Å²) >= 11 is 0. The molecule has 1 unspecified atom stereocenters. The van der Waals surface area contributed by atoms with Gasteiger partial charge in [-0.1, -0.05) is 25.1 Å². The van der Waals surface area contributed by atoms with Gasteiger partial charge in [0.25, 0.3) is 0 Å². The van der Waals surface area contributed by atoms with Crippen molar-refractivity contribution in [3.05, 3.63) is 29.8 Å². The van der Waals surface area contributed by atoms with Crippen LogP contribution in [-0.2, 0) is 11.2 Å². The number of fused-ring (bicyclic) bond motifs is 1. The summed E-state index contributed by atoms with van der Waals surface area (Å²) in [6.07, 6.45) is 2.78. The summed E-state index contributed by atoms with van der Waals surface area (Å²) < 4.78 is 0. The molecule has 0 spiro atoms. The lowest BCUT2D eigenvalue weighted by atomic mass is 9.87. The first-order valence-corrected chi connectivity index (χ1v) is 7.46. The number of rotatable bonds is 5. The molecule has 110 valence electrons. The van der Waals surface area contributed by atoms with E-state index in [-0.39, 0.29) is 0 Å². The van der Waals surface area contributed by atoms with Gasteiger partial charge in [-0.15, -0.1) is 0 Å². The number of carboxylic acid groups (broad SMARTS) is 1. The Bertz CT molecular complexity index is 482. The standard InChI is InChI=1S/C17H25NO2/c1-13-11-14-7-4-5-8-15(14)18(12-13)10-6-9-17(2,3)16(19)20/h4-5,7-8,13H,6,9-12H2,1-3H3,(H,19,20). The van der Waals surface area contributed by atoms with Crippen molar-refractivity contribution < 1.29 is 9.90 Å². The summed E-state index contributed by atoms with van der Waals surface area (Å²) in [6, 6.07) is 8.58. The van der Waals surface area contributed by atoms with Crippen LogP contribution in [0.1, 0.15) is 39.2 Å². The Balaban J connectivity index is 1.99. The molecule has 2 rings (SSSR count). The molecule has 1 aliphatic rings. The first kappa shape index (κ1) is 14.9. The van der Waals surface area contributed by atoms with Crippen molar-refractivity contribution in [3.8, 4) is 0 Å². The molecule has 0 saturated heterocycles. The fraction of sp³-hybridized carbons (Fsp3) is 0.588. The topological polar surface area (TPSA) is 40.5 Å². The van der Waals surface area contributed by atoms with E-state index in [0.717, 1.165) is 32.4 Å². The van der Waals surface area contributed by atoms with Crippen LogP contribution in [0.15, 0.2) is 24.3 Å². The molecular weight excluding hydrogens is 250 g/mol. The van der Waals surface area contributed by atoms with Crippen molar-refractivity contribution in [1.82, 2.24) is 0 Å². The van der Waals surface area contributed by atoms with Crippen molar-refractivity contribution >= 4 is 11.7 Å². The predicted octanol–water partition coefficient (Wildman–Crippen LogP) is 3.58. The third kappa shape index (κ3) is 3.33. The summed E-state index contributed by atoms with van der Waals surface area (Å²) in [4.78, 5) is 13.6. The van der Waals surface area contributed by atoms with Gasteiger partial charge in [0.05, 0.1) is 5.41 Å². The second-order valence-corrected chi connectivity index (χ2v) is 6.68. The Kier molecular flexibility index (Phi) is 4.36. The molecule has 0 fully saturated rings. The fourth-order valence-corrected chi connectivity index (χ4v) is 2.94. The lowest BCUT2D eigenvalue weighted by Crippen LogP contribution is -2.35. The molecule has 1 aliphatic heterocycles. The Morgan fingerprint density at radius 3 is 2.80 bits per heavy atom. The Morgan fingerprint density at radius 2 is 2.10 bits per heavy atom. The van der Waals surface area contributed by atoms with Crippen molar-refractivity contribution in [1.29, 1.82) is 0 Å². The molecule has 0 radical (unpaired) electrons. The highest BCUT2D eigenvalue weighted by molar-refractivity contribution is 5.73. The number of para-hydroxylation sites is 1. The monoisotopic (exact) mass is 275 g/mol. The highest BCUT2D eigenvalue weighted by Gasteiger charge is 2.27. The molecule has 0 bridgehead atoms. The van der Waals surface area contributed by atoms with Gasteiger partial charge in [-0.25, -0.2) is 0 Å². The number of carboxylic acids is 1. The second-order valence-electron chi connectivity index (χ2n) is 6.68. The Morgan fingerprint density at radius 1 is 1.40 bits per heavy atom. The molecule has 1 atom stereocenters. The number of anilines is 1. The van der Waals surface area contributed by atoms with Crippen LogP contribution >= 0.6 is 0 Å². The smallest absolute Gasteiger partial charge is 0.309 e. The molecule has 3 heteroatoms. The van der Waals surface area contributed by atoms with Gasteiger partial charge >= 0.3 is 5.97 Å². The minimum atomic E-state index is -0.704. The highest BCUT2D eigenvalue weighted by Crippen LogP contribution is 2.30. The predicted molar refractivity (Wildman–Crippen MR) is 82.2 cm³/mol. The van der Waals surface area contributed by atoms with Crippen LogP contribution in [0, 0.1) is 11.3 Å². The summed E-state index contributed by atoms with van der Waals surface area (Å²) in [6.45, 7) is 7.91. The summed E-state index contributed by atoms with van der Waals surface area (Å²) in [5.41, 5.74) is 2.13. The molecule has 0 saturated carbocycles.